The van der Waals surface area contributed by atoms with E-state index < -0.39 is 17.9 Å². The zero-order valence-electron chi connectivity index (χ0n) is 12.4. The molecule has 1 aliphatic heterocycles. The Labute approximate surface area is 124 Å². The van der Waals surface area contributed by atoms with Crippen molar-refractivity contribution >= 4 is 11.9 Å². The van der Waals surface area contributed by atoms with Gasteiger partial charge in [-0.3, -0.25) is 9.59 Å². The molecule has 1 aliphatic rings. The van der Waals surface area contributed by atoms with Crippen LogP contribution in [-0.2, 0) is 9.59 Å². The second kappa shape index (κ2) is 6.61. The Hall–Kier alpha value is -2.04. The molecule has 0 radical (unpaired) electrons. The van der Waals surface area contributed by atoms with Gasteiger partial charge in [0.1, 0.15) is 5.75 Å². The van der Waals surface area contributed by atoms with E-state index in [2.05, 4.69) is 0 Å². The average molecular weight is 291 g/mol. The lowest BCUT2D eigenvalue weighted by Gasteiger charge is -2.31. The number of rotatable bonds is 4. The maximum Gasteiger partial charge on any atom is 0.308 e. The van der Waals surface area contributed by atoms with Crippen molar-refractivity contribution in [1.29, 1.82) is 0 Å². The van der Waals surface area contributed by atoms with Crippen LogP contribution in [-0.4, -0.2) is 35.5 Å². The Bertz CT molecular complexity index is 529. The quantitative estimate of drug-likeness (QED) is 0.925. The summed E-state index contributed by atoms with van der Waals surface area (Å²) in [6, 6.07) is 6.92. The van der Waals surface area contributed by atoms with Gasteiger partial charge in [-0.15, -0.1) is 0 Å². The minimum atomic E-state index is -0.858. The summed E-state index contributed by atoms with van der Waals surface area (Å²) in [5.41, 5.74) is 0.811. The average Bonchev–Trinajstić information content (AvgIpc) is 2.60. The molecule has 1 heterocycles. The first-order valence-corrected chi connectivity index (χ1v) is 7.25. The summed E-state index contributed by atoms with van der Waals surface area (Å²) < 4.78 is 5.48. The highest BCUT2D eigenvalue weighted by atomic mass is 16.5. The lowest BCUT2D eigenvalue weighted by Crippen LogP contribution is -2.36. The molecule has 5 heteroatoms. The van der Waals surface area contributed by atoms with Crippen molar-refractivity contribution in [1.82, 2.24) is 4.90 Å². The van der Waals surface area contributed by atoms with Gasteiger partial charge < -0.3 is 14.7 Å². The standard InChI is InChI=1S/C16H21NO4/c1-3-21-12-7-4-6-11(10-12)15-13(16(19)20)8-5-9-14(18)17(15)2/h4,6-7,10,13,15H,3,5,8-9H2,1-2H3,(H,19,20). The number of carbonyl (C=O) groups is 2. The van der Waals surface area contributed by atoms with Crippen LogP contribution in [0.15, 0.2) is 24.3 Å². The molecule has 1 N–H and O–H groups in total. The molecule has 0 aliphatic carbocycles. The maximum absolute atomic E-state index is 12.1. The van der Waals surface area contributed by atoms with Crippen LogP contribution in [0.25, 0.3) is 0 Å². The van der Waals surface area contributed by atoms with Crippen molar-refractivity contribution in [2.75, 3.05) is 13.7 Å². The first kappa shape index (κ1) is 15.4. The van der Waals surface area contributed by atoms with Gasteiger partial charge in [-0.1, -0.05) is 12.1 Å². The SMILES string of the molecule is CCOc1cccc(C2C(C(=O)O)CCCC(=O)N2C)c1. The van der Waals surface area contributed by atoms with Gasteiger partial charge in [-0.05, 0) is 37.5 Å². The van der Waals surface area contributed by atoms with E-state index in [0.717, 1.165) is 5.56 Å². The molecule has 0 spiro atoms. The monoisotopic (exact) mass is 291 g/mol. The number of hydrogen-bond donors (Lipinski definition) is 1. The van der Waals surface area contributed by atoms with Crippen LogP contribution < -0.4 is 4.74 Å². The van der Waals surface area contributed by atoms with Crippen molar-refractivity contribution in [3.8, 4) is 5.75 Å². The molecule has 0 aromatic heterocycles. The van der Waals surface area contributed by atoms with E-state index in [1.165, 1.54) is 0 Å². The molecule has 0 saturated carbocycles. The molecule has 0 bridgehead atoms. The van der Waals surface area contributed by atoms with Gasteiger partial charge >= 0.3 is 5.97 Å². The topological polar surface area (TPSA) is 66.8 Å². The van der Waals surface area contributed by atoms with Crippen LogP contribution in [0.5, 0.6) is 5.75 Å². The van der Waals surface area contributed by atoms with Crippen molar-refractivity contribution in [3.05, 3.63) is 29.8 Å². The summed E-state index contributed by atoms with van der Waals surface area (Å²) in [6.07, 6.45) is 1.53. The number of amides is 1. The fourth-order valence-electron chi connectivity index (χ4n) is 2.90. The van der Waals surface area contributed by atoms with E-state index in [1.54, 1.807) is 11.9 Å². The zero-order valence-corrected chi connectivity index (χ0v) is 12.4. The third-order valence-electron chi connectivity index (χ3n) is 3.93. The predicted molar refractivity (Wildman–Crippen MR) is 78.1 cm³/mol. The number of ether oxygens (including phenoxy) is 1. The number of carboxylic acid groups (broad SMARTS) is 1. The fourth-order valence-corrected chi connectivity index (χ4v) is 2.90. The second-order valence-electron chi connectivity index (χ2n) is 5.29. The lowest BCUT2D eigenvalue weighted by atomic mass is 9.89. The fraction of sp³-hybridized carbons (Fsp3) is 0.500. The van der Waals surface area contributed by atoms with Gasteiger partial charge in [0.05, 0.1) is 18.6 Å². The highest BCUT2D eigenvalue weighted by Gasteiger charge is 2.36. The number of carbonyl (C=O) groups excluding carboxylic acids is 1. The van der Waals surface area contributed by atoms with E-state index in [-0.39, 0.29) is 5.91 Å². The Morgan fingerprint density at radius 1 is 1.48 bits per heavy atom. The van der Waals surface area contributed by atoms with Crippen LogP contribution in [0, 0.1) is 5.92 Å². The zero-order chi connectivity index (χ0) is 15.4. The Morgan fingerprint density at radius 2 is 2.24 bits per heavy atom. The second-order valence-corrected chi connectivity index (χ2v) is 5.29. The van der Waals surface area contributed by atoms with Crippen LogP contribution in [0.3, 0.4) is 0 Å². The molecule has 114 valence electrons. The normalized spacial score (nSPS) is 22.8. The highest BCUT2D eigenvalue weighted by molar-refractivity contribution is 5.79. The van der Waals surface area contributed by atoms with Gasteiger partial charge in [0.2, 0.25) is 5.91 Å². The van der Waals surface area contributed by atoms with Gasteiger partial charge in [-0.25, -0.2) is 0 Å². The molecule has 1 fully saturated rings. The van der Waals surface area contributed by atoms with Crippen LogP contribution in [0.1, 0.15) is 37.8 Å². The van der Waals surface area contributed by atoms with Crippen LogP contribution in [0.2, 0.25) is 0 Å². The van der Waals surface area contributed by atoms with Crippen LogP contribution in [0.4, 0.5) is 0 Å². The van der Waals surface area contributed by atoms with Crippen molar-refractivity contribution in [2.45, 2.75) is 32.2 Å². The molecule has 21 heavy (non-hydrogen) atoms. The summed E-state index contributed by atoms with van der Waals surface area (Å²) in [5, 5.41) is 9.50. The molecule has 1 aromatic rings. The van der Waals surface area contributed by atoms with E-state index in [9.17, 15) is 14.7 Å². The first-order valence-electron chi connectivity index (χ1n) is 7.25. The van der Waals surface area contributed by atoms with Gasteiger partial charge in [-0.2, -0.15) is 0 Å². The summed E-state index contributed by atoms with van der Waals surface area (Å²) >= 11 is 0. The lowest BCUT2D eigenvalue weighted by molar-refractivity contribution is -0.145. The Morgan fingerprint density at radius 3 is 2.90 bits per heavy atom. The van der Waals surface area contributed by atoms with Crippen molar-refractivity contribution in [3.63, 3.8) is 0 Å². The largest absolute Gasteiger partial charge is 0.494 e. The molecule has 5 nitrogen and oxygen atoms in total. The highest BCUT2D eigenvalue weighted by Crippen LogP contribution is 2.36. The molecule has 1 aromatic carbocycles. The first-order chi connectivity index (χ1) is 10.0. The van der Waals surface area contributed by atoms with E-state index >= 15 is 0 Å². The molecular formula is C16H21NO4. The molecule has 2 rings (SSSR count). The Kier molecular flexibility index (Phi) is 4.83. The maximum atomic E-state index is 12.1. The molecule has 2 unspecified atom stereocenters. The number of aliphatic carboxylic acids is 1. The summed E-state index contributed by atoms with van der Waals surface area (Å²) in [5.74, 6) is -0.753. The van der Waals surface area contributed by atoms with Gasteiger partial charge in [0.15, 0.2) is 0 Å². The minimum Gasteiger partial charge on any atom is -0.494 e. The molecular weight excluding hydrogens is 270 g/mol. The smallest absolute Gasteiger partial charge is 0.308 e. The third-order valence-corrected chi connectivity index (χ3v) is 3.93. The number of carboxylic acids is 1. The molecule has 1 amide bonds. The number of hydrogen-bond acceptors (Lipinski definition) is 3. The molecule has 2 atom stereocenters. The van der Waals surface area contributed by atoms with Crippen molar-refractivity contribution < 1.29 is 19.4 Å². The number of likely N-dealkylation sites (tertiary alicyclic amines) is 1. The van der Waals surface area contributed by atoms with Gasteiger partial charge in [0.25, 0.3) is 0 Å². The summed E-state index contributed by atoms with van der Waals surface area (Å²) in [7, 11) is 1.68. The Balaban J connectivity index is 2.40. The van der Waals surface area contributed by atoms with Crippen LogP contribution >= 0.6 is 0 Å². The number of nitrogens with zero attached hydrogens (tertiary/aromatic N) is 1. The van der Waals surface area contributed by atoms with Gasteiger partial charge in [0, 0.05) is 13.5 Å². The summed E-state index contributed by atoms with van der Waals surface area (Å²) in [6.45, 7) is 2.44. The van der Waals surface area contributed by atoms with E-state index in [1.807, 2.05) is 31.2 Å². The predicted octanol–water partition coefficient (Wildman–Crippen LogP) is 2.47. The van der Waals surface area contributed by atoms with Crippen molar-refractivity contribution in [2.24, 2.45) is 5.92 Å². The number of benzene rings is 1. The van der Waals surface area contributed by atoms with E-state index in [0.29, 0.717) is 31.6 Å². The van der Waals surface area contributed by atoms with E-state index in [4.69, 9.17) is 4.74 Å². The molecule has 1 saturated heterocycles. The summed E-state index contributed by atoms with van der Waals surface area (Å²) in [4.78, 5) is 25.2. The minimum absolute atomic E-state index is 0.00874. The third kappa shape index (κ3) is 3.35.